The molecule has 1 aliphatic heterocycles. The van der Waals surface area contributed by atoms with E-state index in [1.165, 1.54) is 6.20 Å². The Labute approximate surface area is 179 Å². The lowest BCUT2D eigenvalue weighted by Crippen LogP contribution is -2.47. The van der Waals surface area contributed by atoms with Crippen molar-refractivity contribution >= 4 is 34.1 Å². The average molecular weight is 437 g/mol. The van der Waals surface area contributed by atoms with Gasteiger partial charge < -0.3 is 24.8 Å². The van der Waals surface area contributed by atoms with Gasteiger partial charge in [-0.1, -0.05) is 11.3 Å². The molecule has 1 unspecified atom stereocenters. The van der Waals surface area contributed by atoms with Crippen molar-refractivity contribution in [2.75, 3.05) is 56.2 Å². The lowest BCUT2D eigenvalue weighted by molar-refractivity contribution is -0.129. The highest BCUT2D eigenvalue weighted by Gasteiger charge is 2.19. The Morgan fingerprint density at radius 1 is 1.30 bits per heavy atom. The van der Waals surface area contributed by atoms with Gasteiger partial charge >= 0.3 is 5.97 Å². The Balaban J connectivity index is 1.53. The maximum atomic E-state index is 11.0. The van der Waals surface area contributed by atoms with Gasteiger partial charge in [0.15, 0.2) is 11.4 Å². The van der Waals surface area contributed by atoms with Crippen LogP contribution in [0.5, 0.6) is 0 Å². The van der Waals surface area contributed by atoms with Gasteiger partial charge in [-0.15, -0.1) is 0 Å². The third kappa shape index (κ3) is 6.33. The number of carboxylic acids is 1. The summed E-state index contributed by atoms with van der Waals surface area (Å²) in [6, 6.07) is 1.87. The van der Waals surface area contributed by atoms with E-state index < -0.39 is 5.97 Å². The summed E-state index contributed by atoms with van der Waals surface area (Å²) in [6.45, 7) is 11.4. The smallest absolute Gasteiger partial charge is 0.347 e. The maximum Gasteiger partial charge on any atom is 0.347 e. The quantitative estimate of drug-likeness (QED) is 0.537. The number of aryl methyl sites for hydroxylation is 1. The molecular formula is C19H28N6O4S. The molecule has 0 aliphatic carbocycles. The fourth-order valence-corrected chi connectivity index (χ4v) is 3.81. The van der Waals surface area contributed by atoms with Crippen LogP contribution in [0.1, 0.15) is 29.3 Å². The van der Waals surface area contributed by atoms with Crippen molar-refractivity contribution in [2.24, 2.45) is 0 Å². The van der Waals surface area contributed by atoms with E-state index in [-0.39, 0.29) is 11.2 Å². The molecule has 0 spiro atoms. The van der Waals surface area contributed by atoms with E-state index >= 15 is 0 Å². The molecule has 1 atom stereocenters. The number of carbonyl (C=O) groups is 1. The van der Waals surface area contributed by atoms with Gasteiger partial charge in [0.25, 0.3) is 0 Å². The van der Waals surface area contributed by atoms with Crippen LogP contribution in [-0.4, -0.2) is 83.2 Å². The number of carboxylic acid groups (broad SMARTS) is 1. The van der Waals surface area contributed by atoms with Gasteiger partial charge in [-0.2, -0.15) is 0 Å². The first-order chi connectivity index (χ1) is 14.4. The second-order valence-corrected chi connectivity index (χ2v) is 7.87. The zero-order chi connectivity index (χ0) is 21.5. The van der Waals surface area contributed by atoms with E-state index in [1.54, 1.807) is 0 Å². The van der Waals surface area contributed by atoms with E-state index in [0.29, 0.717) is 30.0 Å². The van der Waals surface area contributed by atoms with Gasteiger partial charge in [0.05, 0.1) is 12.8 Å². The molecule has 3 heterocycles. The van der Waals surface area contributed by atoms with Crippen molar-refractivity contribution in [1.29, 1.82) is 0 Å². The summed E-state index contributed by atoms with van der Waals surface area (Å²) in [5.74, 6) is 1.10. The molecule has 3 rings (SSSR count). The Hall–Kier alpha value is -2.34. The first-order valence-corrected chi connectivity index (χ1v) is 10.8. The third-order valence-corrected chi connectivity index (χ3v) is 5.53. The summed E-state index contributed by atoms with van der Waals surface area (Å²) in [4.78, 5) is 28.9. The Kier molecular flexibility index (Phi) is 7.91. The molecule has 0 amide bonds. The van der Waals surface area contributed by atoms with E-state index in [1.807, 2.05) is 26.8 Å². The fourth-order valence-electron chi connectivity index (χ4n) is 3.15. The van der Waals surface area contributed by atoms with E-state index in [0.717, 1.165) is 49.9 Å². The van der Waals surface area contributed by atoms with Crippen molar-refractivity contribution in [1.82, 2.24) is 19.9 Å². The fraction of sp³-hybridized carbons (Fsp3) is 0.579. The lowest BCUT2D eigenvalue weighted by atomic mass is 10.3. The Morgan fingerprint density at radius 2 is 2.07 bits per heavy atom. The minimum Gasteiger partial charge on any atom is -0.477 e. The van der Waals surface area contributed by atoms with Gasteiger partial charge in [0, 0.05) is 45.4 Å². The molecule has 0 saturated carbocycles. The molecule has 30 heavy (non-hydrogen) atoms. The number of anilines is 3. The first kappa shape index (κ1) is 22.3. The van der Waals surface area contributed by atoms with Crippen LogP contribution in [0.3, 0.4) is 0 Å². The van der Waals surface area contributed by atoms with Gasteiger partial charge in [-0.3, -0.25) is 4.90 Å². The highest BCUT2D eigenvalue weighted by molar-refractivity contribution is 7.17. The first-order valence-electron chi connectivity index (χ1n) is 9.97. The van der Waals surface area contributed by atoms with Crippen LogP contribution < -0.4 is 10.2 Å². The highest BCUT2D eigenvalue weighted by atomic mass is 32.1. The average Bonchev–Trinajstić information content (AvgIpc) is 3.17. The molecule has 1 saturated heterocycles. The molecular weight excluding hydrogens is 408 g/mol. The topological polar surface area (TPSA) is 113 Å². The highest BCUT2D eigenvalue weighted by Crippen LogP contribution is 2.24. The summed E-state index contributed by atoms with van der Waals surface area (Å²) < 4.78 is 11.0. The van der Waals surface area contributed by atoms with Crippen molar-refractivity contribution in [2.45, 2.75) is 27.1 Å². The summed E-state index contributed by atoms with van der Waals surface area (Å²) >= 11 is 1.07. The molecule has 164 valence electrons. The number of hydrogen-bond acceptors (Lipinski definition) is 10. The van der Waals surface area contributed by atoms with Gasteiger partial charge in [-0.25, -0.2) is 19.7 Å². The van der Waals surface area contributed by atoms with Gasteiger partial charge in [0.1, 0.15) is 22.3 Å². The molecule has 2 N–H and O–H groups in total. The van der Waals surface area contributed by atoms with Crippen molar-refractivity contribution in [3.8, 4) is 0 Å². The number of nitrogens with one attached hydrogen (secondary N) is 1. The number of thiazole rings is 1. The van der Waals surface area contributed by atoms with Gasteiger partial charge in [0.2, 0.25) is 0 Å². The maximum absolute atomic E-state index is 11.0. The summed E-state index contributed by atoms with van der Waals surface area (Å²) in [5.41, 5.74) is 0. The van der Waals surface area contributed by atoms with Crippen LogP contribution in [0.15, 0.2) is 12.3 Å². The minimum atomic E-state index is -0.990. The molecule has 0 bridgehead atoms. The molecule has 10 nitrogen and oxygen atoms in total. The van der Waals surface area contributed by atoms with Crippen molar-refractivity contribution in [3.05, 3.63) is 23.0 Å². The van der Waals surface area contributed by atoms with Crippen LogP contribution in [0.4, 0.5) is 16.8 Å². The molecule has 11 heteroatoms. The van der Waals surface area contributed by atoms with Gasteiger partial charge in [-0.05, 0) is 20.8 Å². The SMILES string of the molecule is CCOC(C)OCCN1CCN(c2cc(Nc3ncc(C(=O)O)s3)nc(C)n2)CC1. The normalized spacial score (nSPS) is 15.9. The number of piperazine rings is 1. The molecule has 2 aromatic rings. The monoisotopic (exact) mass is 436 g/mol. The van der Waals surface area contributed by atoms with E-state index in [4.69, 9.17) is 14.6 Å². The van der Waals surface area contributed by atoms with E-state index in [9.17, 15) is 4.79 Å². The molecule has 0 aromatic carbocycles. The summed E-state index contributed by atoms with van der Waals surface area (Å²) in [5, 5.41) is 12.6. The standard InChI is InChI=1S/C19H28N6O4S/c1-4-28-14(3)29-10-9-24-5-7-25(8-6-24)17-11-16(21-13(2)22-17)23-19-20-12-15(30-19)18(26)27/h11-12,14H,4-10H2,1-3H3,(H,26,27)(H,20,21,22,23). The Morgan fingerprint density at radius 3 is 2.73 bits per heavy atom. The number of nitrogens with zero attached hydrogens (tertiary/aromatic N) is 5. The van der Waals surface area contributed by atoms with Crippen molar-refractivity contribution < 1.29 is 19.4 Å². The number of ether oxygens (including phenoxy) is 2. The number of aromatic nitrogens is 3. The molecule has 0 radical (unpaired) electrons. The Bertz CT molecular complexity index is 840. The zero-order valence-corrected chi connectivity index (χ0v) is 18.3. The third-order valence-electron chi connectivity index (χ3n) is 4.63. The van der Waals surface area contributed by atoms with E-state index in [2.05, 4.69) is 30.1 Å². The van der Waals surface area contributed by atoms with Crippen LogP contribution in [0, 0.1) is 6.92 Å². The van der Waals surface area contributed by atoms with Crippen molar-refractivity contribution in [3.63, 3.8) is 0 Å². The summed E-state index contributed by atoms with van der Waals surface area (Å²) in [6.07, 6.45) is 1.16. The lowest BCUT2D eigenvalue weighted by Gasteiger charge is -2.35. The van der Waals surface area contributed by atoms with Crippen LogP contribution in [-0.2, 0) is 9.47 Å². The summed E-state index contributed by atoms with van der Waals surface area (Å²) in [7, 11) is 0. The van der Waals surface area contributed by atoms with Crippen LogP contribution in [0.2, 0.25) is 0 Å². The number of rotatable bonds is 10. The largest absolute Gasteiger partial charge is 0.477 e. The number of aromatic carboxylic acids is 1. The van der Waals surface area contributed by atoms with Crippen LogP contribution >= 0.6 is 11.3 Å². The minimum absolute atomic E-state index is 0.171. The zero-order valence-electron chi connectivity index (χ0n) is 17.5. The molecule has 2 aromatic heterocycles. The second kappa shape index (κ2) is 10.6. The second-order valence-electron chi connectivity index (χ2n) is 6.84. The molecule has 1 fully saturated rings. The predicted octanol–water partition coefficient (Wildman–Crippen LogP) is 2.20. The molecule has 1 aliphatic rings. The van der Waals surface area contributed by atoms with Crippen LogP contribution in [0.25, 0.3) is 0 Å². The number of hydrogen-bond donors (Lipinski definition) is 2. The predicted molar refractivity (Wildman–Crippen MR) is 115 cm³/mol.